The minimum Gasteiger partial charge on any atom is -0.235 e. The van der Waals surface area contributed by atoms with Crippen LogP contribution >= 0.6 is 23.1 Å². The molecule has 0 aliphatic heterocycles. The first-order valence-corrected chi connectivity index (χ1v) is 5.57. The SMILES string of the molecule is CCC(C)Sc1nc(C)cs1. The summed E-state index contributed by atoms with van der Waals surface area (Å²) in [5, 5.41) is 2.80. The molecule has 3 heteroatoms. The Morgan fingerprint density at radius 1 is 1.73 bits per heavy atom. The highest BCUT2D eigenvalue weighted by Gasteiger charge is 2.04. The minimum atomic E-state index is 0.695. The second kappa shape index (κ2) is 4.12. The van der Waals surface area contributed by atoms with E-state index >= 15 is 0 Å². The largest absolute Gasteiger partial charge is 0.235 e. The molecule has 0 fully saturated rings. The number of thiazole rings is 1. The van der Waals surface area contributed by atoms with Crippen molar-refractivity contribution in [1.29, 1.82) is 0 Å². The van der Waals surface area contributed by atoms with Crippen LogP contribution in [0.3, 0.4) is 0 Å². The van der Waals surface area contributed by atoms with Gasteiger partial charge in [-0.2, -0.15) is 0 Å². The van der Waals surface area contributed by atoms with E-state index in [1.165, 1.54) is 10.8 Å². The maximum Gasteiger partial charge on any atom is 0.150 e. The molecular weight excluding hydrogens is 174 g/mol. The van der Waals surface area contributed by atoms with Crippen molar-refractivity contribution in [2.45, 2.75) is 36.8 Å². The van der Waals surface area contributed by atoms with Crippen molar-refractivity contribution >= 4 is 23.1 Å². The first kappa shape index (κ1) is 9.07. The van der Waals surface area contributed by atoms with Gasteiger partial charge in [-0.05, 0) is 13.3 Å². The van der Waals surface area contributed by atoms with Crippen LogP contribution < -0.4 is 0 Å². The predicted molar refractivity (Wildman–Crippen MR) is 52.5 cm³/mol. The Hall–Kier alpha value is -0.0200. The highest BCUT2D eigenvalue weighted by Crippen LogP contribution is 2.27. The van der Waals surface area contributed by atoms with E-state index in [9.17, 15) is 0 Å². The third kappa shape index (κ3) is 2.83. The lowest BCUT2D eigenvalue weighted by Crippen LogP contribution is -1.90. The fraction of sp³-hybridized carbons (Fsp3) is 0.625. The Labute approximate surface area is 76.2 Å². The van der Waals surface area contributed by atoms with Gasteiger partial charge in [0.1, 0.15) is 4.34 Å². The topological polar surface area (TPSA) is 12.9 Å². The summed E-state index contributed by atoms with van der Waals surface area (Å²) in [6, 6.07) is 0. The van der Waals surface area contributed by atoms with Crippen molar-refractivity contribution in [3.8, 4) is 0 Å². The van der Waals surface area contributed by atoms with Gasteiger partial charge in [0.2, 0.25) is 0 Å². The van der Waals surface area contributed by atoms with Crippen LogP contribution in [-0.2, 0) is 0 Å². The summed E-state index contributed by atoms with van der Waals surface area (Å²) < 4.78 is 1.21. The Morgan fingerprint density at radius 3 is 2.91 bits per heavy atom. The number of aromatic nitrogens is 1. The lowest BCUT2D eigenvalue weighted by atomic mass is 10.4. The first-order chi connectivity index (χ1) is 5.22. The fourth-order valence-corrected chi connectivity index (χ4v) is 2.73. The molecule has 0 aliphatic rings. The fourth-order valence-electron chi connectivity index (χ4n) is 0.642. The van der Waals surface area contributed by atoms with Gasteiger partial charge in [0.05, 0.1) is 0 Å². The number of thioether (sulfide) groups is 1. The second-order valence-electron chi connectivity index (χ2n) is 2.59. The normalized spacial score (nSPS) is 13.4. The van der Waals surface area contributed by atoms with E-state index in [4.69, 9.17) is 0 Å². The standard InChI is InChI=1S/C8H13NS2/c1-4-7(3)11-8-9-6(2)5-10-8/h5,7H,4H2,1-3H3. The molecule has 0 saturated carbocycles. The Morgan fingerprint density at radius 2 is 2.45 bits per heavy atom. The monoisotopic (exact) mass is 187 g/mol. The van der Waals surface area contributed by atoms with Crippen molar-refractivity contribution in [1.82, 2.24) is 4.98 Å². The molecule has 62 valence electrons. The van der Waals surface area contributed by atoms with E-state index in [2.05, 4.69) is 24.2 Å². The highest BCUT2D eigenvalue weighted by molar-refractivity contribution is 8.01. The Balaban J connectivity index is 2.50. The summed E-state index contributed by atoms with van der Waals surface area (Å²) in [5.41, 5.74) is 1.14. The van der Waals surface area contributed by atoms with E-state index in [-0.39, 0.29) is 0 Å². The van der Waals surface area contributed by atoms with E-state index in [1.54, 1.807) is 11.3 Å². The molecule has 0 aliphatic carbocycles. The summed E-state index contributed by atoms with van der Waals surface area (Å²) >= 11 is 3.62. The molecule has 11 heavy (non-hydrogen) atoms. The summed E-state index contributed by atoms with van der Waals surface area (Å²) in [7, 11) is 0. The molecule has 1 unspecified atom stereocenters. The van der Waals surface area contributed by atoms with E-state index in [0.717, 1.165) is 5.69 Å². The molecule has 1 heterocycles. The van der Waals surface area contributed by atoms with Crippen molar-refractivity contribution in [2.75, 3.05) is 0 Å². The summed E-state index contributed by atoms with van der Waals surface area (Å²) in [6.45, 7) is 6.48. The minimum absolute atomic E-state index is 0.695. The van der Waals surface area contributed by atoms with Crippen LogP contribution in [0.5, 0.6) is 0 Å². The van der Waals surface area contributed by atoms with Gasteiger partial charge in [0.15, 0.2) is 0 Å². The molecule has 0 N–H and O–H groups in total. The van der Waals surface area contributed by atoms with Crippen molar-refractivity contribution in [3.63, 3.8) is 0 Å². The van der Waals surface area contributed by atoms with Crippen LogP contribution in [0.1, 0.15) is 26.0 Å². The van der Waals surface area contributed by atoms with Crippen molar-refractivity contribution in [3.05, 3.63) is 11.1 Å². The van der Waals surface area contributed by atoms with Gasteiger partial charge in [-0.1, -0.05) is 25.6 Å². The van der Waals surface area contributed by atoms with Gasteiger partial charge in [-0.15, -0.1) is 11.3 Å². The summed E-state index contributed by atoms with van der Waals surface area (Å²) in [6.07, 6.45) is 1.21. The predicted octanol–water partition coefficient (Wildman–Crippen LogP) is 3.34. The first-order valence-electron chi connectivity index (χ1n) is 3.81. The summed E-state index contributed by atoms with van der Waals surface area (Å²) in [4.78, 5) is 4.38. The van der Waals surface area contributed by atoms with Crippen molar-refractivity contribution in [2.24, 2.45) is 0 Å². The molecule has 0 amide bonds. The Kier molecular flexibility index (Phi) is 3.40. The number of aryl methyl sites for hydroxylation is 1. The van der Waals surface area contributed by atoms with Gasteiger partial charge in [0.25, 0.3) is 0 Å². The third-order valence-electron chi connectivity index (χ3n) is 1.47. The van der Waals surface area contributed by atoms with Gasteiger partial charge in [-0.25, -0.2) is 4.98 Å². The van der Waals surface area contributed by atoms with E-state index in [1.807, 2.05) is 18.7 Å². The lowest BCUT2D eigenvalue weighted by Gasteiger charge is -2.02. The van der Waals surface area contributed by atoms with E-state index in [0.29, 0.717) is 5.25 Å². The molecule has 1 nitrogen and oxygen atoms in total. The van der Waals surface area contributed by atoms with Crippen LogP contribution in [0, 0.1) is 6.92 Å². The van der Waals surface area contributed by atoms with Crippen molar-refractivity contribution < 1.29 is 0 Å². The molecular formula is C8H13NS2. The zero-order valence-corrected chi connectivity index (χ0v) is 8.76. The second-order valence-corrected chi connectivity index (χ2v) is 5.14. The van der Waals surface area contributed by atoms with Gasteiger partial charge >= 0.3 is 0 Å². The number of hydrogen-bond acceptors (Lipinski definition) is 3. The average Bonchev–Trinajstić information content (AvgIpc) is 2.35. The van der Waals surface area contributed by atoms with Crippen LogP contribution in [0.25, 0.3) is 0 Å². The zero-order valence-electron chi connectivity index (χ0n) is 7.13. The molecule has 0 aromatic carbocycles. The van der Waals surface area contributed by atoms with E-state index < -0.39 is 0 Å². The molecule has 1 atom stereocenters. The van der Waals surface area contributed by atoms with Crippen LogP contribution in [0.15, 0.2) is 9.72 Å². The molecule has 1 aromatic heterocycles. The van der Waals surface area contributed by atoms with Crippen LogP contribution in [0.4, 0.5) is 0 Å². The number of hydrogen-bond donors (Lipinski definition) is 0. The molecule has 1 rings (SSSR count). The van der Waals surface area contributed by atoms with Gasteiger partial charge < -0.3 is 0 Å². The average molecular weight is 187 g/mol. The lowest BCUT2D eigenvalue weighted by molar-refractivity contribution is 0.904. The molecule has 0 spiro atoms. The maximum absolute atomic E-state index is 4.38. The molecule has 1 aromatic rings. The molecule has 0 radical (unpaired) electrons. The quantitative estimate of drug-likeness (QED) is 0.673. The molecule has 0 saturated heterocycles. The van der Waals surface area contributed by atoms with Crippen LogP contribution in [-0.4, -0.2) is 10.2 Å². The molecule has 0 bridgehead atoms. The number of rotatable bonds is 3. The zero-order chi connectivity index (χ0) is 8.27. The summed E-state index contributed by atoms with van der Waals surface area (Å²) in [5.74, 6) is 0. The van der Waals surface area contributed by atoms with Gasteiger partial charge in [0, 0.05) is 16.3 Å². The highest BCUT2D eigenvalue weighted by atomic mass is 32.2. The third-order valence-corrected chi connectivity index (χ3v) is 3.83. The maximum atomic E-state index is 4.38. The van der Waals surface area contributed by atoms with Gasteiger partial charge in [-0.3, -0.25) is 0 Å². The number of nitrogens with zero attached hydrogens (tertiary/aromatic N) is 1. The Bertz CT molecular complexity index is 220. The van der Waals surface area contributed by atoms with Crippen LogP contribution in [0.2, 0.25) is 0 Å². The smallest absolute Gasteiger partial charge is 0.150 e.